The molecule has 1 aromatic heterocycles. The summed E-state index contributed by atoms with van der Waals surface area (Å²) in [4.78, 5) is 6.90. The number of hydrogen-bond acceptors (Lipinski definition) is 4. The van der Waals surface area contributed by atoms with Gasteiger partial charge >= 0.3 is 6.18 Å². The molecule has 0 fully saturated rings. The molecule has 0 amide bonds. The van der Waals surface area contributed by atoms with E-state index in [0.29, 0.717) is 18.9 Å². The summed E-state index contributed by atoms with van der Waals surface area (Å²) in [5, 5.41) is 4.66. The quantitative estimate of drug-likeness (QED) is 0.414. The van der Waals surface area contributed by atoms with Crippen LogP contribution >= 0.6 is 0 Å². The van der Waals surface area contributed by atoms with Crippen LogP contribution in [0.5, 0.6) is 5.75 Å². The van der Waals surface area contributed by atoms with E-state index in [9.17, 15) is 13.2 Å². The molecule has 3 aromatic rings. The lowest BCUT2D eigenvalue weighted by atomic mass is 10.0. The van der Waals surface area contributed by atoms with Crippen molar-refractivity contribution in [3.05, 3.63) is 59.2 Å². The van der Waals surface area contributed by atoms with Crippen molar-refractivity contribution in [2.45, 2.75) is 45.8 Å². The molecule has 32 heavy (non-hydrogen) atoms. The zero-order valence-corrected chi connectivity index (χ0v) is 19.1. The zero-order valence-electron chi connectivity index (χ0n) is 19.1. The van der Waals surface area contributed by atoms with Gasteiger partial charge in [-0.15, -0.1) is 5.10 Å². The number of ether oxygens (including phenoxy) is 1. The summed E-state index contributed by atoms with van der Waals surface area (Å²) in [7, 11) is 3.47. The SMILES string of the molecule is CCCN(c1nc(-c2ccc(OC)cc2C)n(C)n1)[C@H](CC)c1ccc(C(F)(F)F)cc1. The van der Waals surface area contributed by atoms with E-state index in [1.807, 2.05) is 39.1 Å². The Bertz CT molecular complexity index is 1040. The first kappa shape index (κ1) is 23.6. The molecule has 172 valence electrons. The Morgan fingerprint density at radius 3 is 2.31 bits per heavy atom. The third-order valence-corrected chi connectivity index (χ3v) is 5.53. The number of aryl methyl sites for hydroxylation is 2. The minimum absolute atomic E-state index is 0.135. The van der Waals surface area contributed by atoms with Crippen molar-refractivity contribution in [3.8, 4) is 17.1 Å². The molecule has 0 radical (unpaired) electrons. The van der Waals surface area contributed by atoms with E-state index in [1.165, 1.54) is 0 Å². The summed E-state index contributed by atoms with van der Waals surface area (Å²) in [5.74, 6) is 2.06. The molecule has 0 bridgehead atoms. The summed E-state index contributed by atoms with van der Waals surface area (Å²) in [6.45, 7) is 6.75. The lowest BCUT2D eigenvalue weighted by Gasteiger charge is -2.30. The van der Waals surface area contributed by atoms with Crippen molar-refractivity contribution in [1.29, 1.82) is 0 Å². The van der Waals surface area contributed by atoms with Crippen LogP contribution in [-0.2, 0) is 13.2 Å². The standard InChI is InChI=1S/C24H29F3N4O/c1-6-14-31(21(7-2)17-8-10-18(11-9-17)24(25,26)27)23-28-22(30(4)29-23)20-13-12-19(32-5)15-16(20)3/h8-13,15,21H,6-7,14H2,1-5H3/t21-/m1/s1. The van der Waals surface area contributed by atoms with Gasteiger partial charge in [-0.1, -0.05) is 26.0 Å². The smallest absolute Gasteiger partial charge is 0.416 e. The van der Waals surface area contributed by atoms with Crippen molar-refractivity contribution >= 4 is 5.95 Å². The van der Waals surface area contributed by atoms with Gasteiger partial charge in [0.25, 0.3) is 0 Å². The summed E-state index contributed by atoms with van der Waals surface area (Å²) in [6.07, 6.45) is -2.79. The van der Waals surface area contributed by atoms with Crippen LogP contribution in [0.1, 0.15) is 49.4 Å². The minimum Gasteiger partial charge on any atom is -0.497 e. The van der Waals surface area contributed by atoms with Gasteiger partial charge in [0, 0.05) is 19.2 Å². The Labute approximate surface area is 186 Å². The minimum atomic E-state index is -4.35. The van der Waals surface area contributed by atoms with Gasteiger partial charge in [0.15, 0.2) is 5.82 Å². The monoisotopic (exact) mass is 446 g/mol. The molecule has 0 saturated heterocycles. The predicted octanol–water partition coefficient (Wildman–Crippen LogP) is 6.19. The van der Waals surface area contributed by atoms with E-state index in [4.69, 9.17) is 9.72 Å². The molecule has 0 saturated carbocycles. The molecule has 8 heteroatoms. The summed E-state index contributed by atoms with van der Waals surface area (Å²) >= 11 is 0. The maximum Gasteiger partial charge on any atom is 0.416 e. The van der Waals surface area contributed by atoms with Gasteiger partial charge in [-0.25, -0.2) is 4.68 Å². The van der Waals surface area contributed by atoms with Gasteiger partial charge in [-0.3, -0.25) is 0 Å². The Balaban J connectivity index is 1.98. The molecule has 0 aliphatic carbocycles. The normalized spacial score (nSPS) is 12.6. The fraction of sp³-hybridized carbons (Fsp3) is 0.417. The Morgan fingerprint density at radius 1 is 1.09 bits per heavy atom. The lowest BCUT2D eigenvalue weighted by molar-refractivity contribution is -0.137. The maximum atomic E-state index is 13.0. The molecule has 0 spiro atoms. The number of alkyl halides is 3. The van der Waals surface area contributed by atoms with E-state index in [0.717, 1.165) is 46.8 Å². The molecule has 1 atom stereocenters. The third-order valence-electron chi connectivity index (χ3n) is 5.53. The topological polar surface area (TPSA) is 43.2 Å². The van der Waals surface area contributed by atoms with Crippen molar-refractivity contribution < 1.29 is 17.9 Å². The van der Waals surface area contributed by atoms with Gasteiger partial charge in [0.2, 0.25) is 5.95 Å². The molecule has 5 nitrogen and oxygen atoms in total. The number of benzene rings is 2. The predicted molar refractivity (Wildman–Crippen MR) is 120 cm³/mol. The lowest BCUT2D eigenvalue weighted by Crippen LogP contribution is -2.30. The Hall–Kier alpha value is -3.03. The second kappa shape index (κ2) is 9.63. The van der Waals surface area contributed by atoms with Crippen molar-refractivity contribution in [2.75, 3.05) is 18.6 Å². The van der Waals surface area contributed by atoms with Crippen LogP contribution in [-0.4, -0.2) is 28.4 Å². The van der Waals surface area contributed by atoms with Crippen molar-refractivity contribution in [1.82, 2.24) is 14.8 Å². The van der Waals surface area contributed by atoms with Crippen LogP contribution < -0.4 is 9.64 Å². The molecule has 0 aliphatic rings. The highest BCUT2D eigenvalue weighted by Crippen LogP contribution is 2.34. The van der Waals surface area contributed by atoms with E-state index in [1.54, 1.807) is 23.9 Å². The van der Waals surface area contributed by atoms with Crippen LogP contribution in [0.15, 0.2) is 42.5 Å². The summed E-state index contributed by atoms with van der Waals surface area (Å²) in [5.41, 5.74) is 2.13. The highest BCUT2D eigenvalue weighted by atomic mass is 19.4. The number of rotatable bonds is 8. The summed E-state index contributed by atoms with van der Waals surface area (Å²) in [6, 6.07) is 11.0. The summed E-state index contributed by atoms with van der Waals surface area (Å²) < 4.78 is 46.0. The van der Waals surface area contributed by atoms with Gasteiger partial charge in [-0.05, 0) is 61.2 Å². The molecule has 3 rings (SSSR count). The largest absolute Gasteiger partial charge is 0.497 e. The molecule has 0 unspecified atom stereocenters. The van der Waals surface area contributed by atoms with Gasteiger partial charge in [0.1, 0.15) is 5.75 Å². The molecular formula is C24H29F3N4O. The number of anilines is 1. The van der Waals surface area contributed by atoms with Crippen LogP contribution in [0.2, 0.25) is 0 Å². The molecule has 2 aromatic carbocycles. The molecule has 0 aliphatic heterocycles. The number of methoxy groups -OCH3 is 1. The highest BCUT2D eigenvalue weighted by molar-refractivity contribution is 5.63. The second-order valence-corrected chi connectivity index (χ2v) is 7.78. The second-order valence-electron chi connectivity index (χ2n) is 7.78. The average Bonchev–Trinajstić information content (AvgIpc) is 3.14. The van der Waals surface area contributed by atoms with E-state index in [-0.39, 0.29) is 6.04 Å². The molecular weight excluding hydrogens is 417 g/mol. The number of aromatic nitrogens is 3. The van der Waals surface area contributed by atoms with Gasteiger partial charge in [0.05, 0.1) is 18.7 Å². The van der Waals surface area contributed by atoms with E-state index < -0.39 is 11.7 Å². The zero-order chi connectivity index (χ0) is 23.5. The number of halogens is 3. The van der Waals surface area contributed by atoms with Crippen LogP contribution in [0.4, 0.5) is 19.1 Å². The molecule has 0 N–H and O–H groups in total. The Kier molecular flexibility index (Phi) is 7.11. The highest BCUT2D eigenvalue weighted by Gasteiger charge is 2.31. The first-order valence-electron chi connectivity index (χ1n) is 10.7. The van der Waals surface area contributed by atoms with Gasteiger partial charge in [-0.2, -0.15) is 18.2 Å². The number of hydrogen-bond donors (Lipinski definition) is 0. The molecule has 1 heterocycles. The maximum absolute atomic E-state index is 13.0. The average molecular weight is 447 g/mol. The van der Waals surface area contributed by atoms with Crippen LogP contribution in [0, 0.1) is 6.92 Å². The number of nitrogens with zero attached hydrogens (tertiary/aromatic N) is 4. The fourth-order valence-corrected chi connectivity index (χ4v) is 3.91. The van der Waals surface area contributed by atoms with E-state index in [2.05, 4.69) is 16.9 Å². The first-order chi connectivity index (χ1) is 15.2. The fourth-order valence-electron chi connectivity index (χ4n) is 3.91. The van der Waals surface area contributed by atoms with Crippen LogP contribution in [0.3, 0.4) is 0 Å². The van der Waals surface area contributed by atoms with Crippen LogP contribution in [0.25, 0.3) is 11.4 Å². The Morgan fingerprint density at radius 2 is 1.78 bits per heavy atom. The van der Waals surface area contributed by atoms with E-state index >= 15 is 0 Å². The first-order valence-corrected chi connectivity index (χ1v) is 10.7. The van der Waals surface area contributed by atoms with Crippen molar-refractivity contribution in [3.63, 3.8) is 0 Å². The van der Waals surface area contributed by atoms with Gasteiger partial charge < -0.3 is 9.64 Å². The third kappa shape index (κ3) is 4.89. The van der Waals surface area contributed by atoms with Crippen molar-refractivity contribution in [2.24, 2.45) is 7.05 Å².